The van der Waals surface area contributed by atoms with Crippen LogP contribution in [0.4, 0.5) is 0 Å². The van der Waals surface area contributed by atoms with Crippen molar-refractivity contribution >= 4 is 12.0 Å². The lowest BCUT2D eigenvalue weighted by atomic mass is 9.98. The second kappa shape index (κ2) is 6.95. The predicted molar refractivity (Wildman–Crippen MR) is 102 cm³/mol. The first-order valence-electron chi connectivity index (χ1n) is 9.78. The third kappa shape index (κ3) is 3.87. The van der Waals surface area contributed by atoms with E-state index in [2.05, 4.69) is 6.08 Å². The fourth-order valence-corrected chi connectivity index (χ4v) is 4.39. The summed E-state index contributed by atoms with van der Waals surface area (Å²) in [5.41, 5.74) is 1.97. The summed E-state index contributed by atoms with van der Waals surface area (Å²) in [6.07, 6.45) is 0.675. The van der Waals surface area contributed by atoms with Gasteiger partial charge in [-0.2, -0.15) is 0 Å². The number of esters is 1. The molecule has 3 aliphatic rings. The molecule has 0 radical (unpaired) electrons. The van der Waals surface area contributed by atoms with Crippen LogP contribution in [0.25, 0.3) is 6.08 Å². The van der Waals surface area contributed by atoms with Gasteiger partial charge in [-0.05, 0) is 38.8 Å². The molecule has 0 amide bonds. The highest BCUT2D eigenvalue weighted by Crippen LogP contribution is 2.46. The molecule has 2 saturated heterocycles. The van der Waals surface area contributed by atoms with Gasteiger partial charge in [0.15, 0.2) is 17.7 Å². The van der Waals surface area contributed by atoms with Crippen LogP contribution in [0.1, 0.15) is 46.6 Å². The van der Waals surface area contributed by atoms with Crippen LogP contribution < -0.4 is 0 Å². The number of carbonyl (C=O) groups excluding carboxylic acids is 1. The Morgan fingerprint density at radius 1 is 0.964 bits per heavy atom. The van der Waals surface area contributed by atoms with Gasteiger partial charge in [-0.15, -0.1) is 0 Å². The van der Waals surface area contributed by atoms with E-state index in [9.17, 15) is 4.79 Å². The molecule has 152 valence electrons. The molecule has 1 aromatic carbocycles. The van der Waals surface area contributed by atoms with Crippen LogP contribution in [-0.4, -0.2) is 48.1 Å². The van der Waals surface area contributed by atoms with Crippen LogP contribution in [0.15, 0.2) is 35.9 Å². The van der Waals surface area contributed by atoms with E-state index in [1.54, 1.807) is 0 Å². The molecule has 5 atom stereocenters. The second-order valence-electron chi connectivity index (χ2n) is 8.57. The van der Waals surface area contributed by atoms with Crippen molar-refractivity contribution in [1.29, 1.82) is 0 Å². The van der Waals surface area contributed by atoms with Crippen molar-refractivity contribution in [1.82, 2.24) is 0 Å². The molecule has 0 spiro atoms. The van der Waals surface area contributed by atoms with Gasteiger partial charge >= 0.3 is 5.97 Å². The van der Waals surface area contributed by atoms with Crippen LogP contribution in [0.2, 0.25) is 0 Å². The number of benzene rings is 1. The maximum absolute atomic E-state index is 11.9. The first kappa shape index (κ1) is 19.6. The number of hydrogen-bond acceptors (Lipinski definition) is 6. The Labute approximate surface area is 165 Å². The maximum Gasteiger partial charge on any atom is 0.303 e. The largest absolute Gasteiger partial charge is 0.455 e. The summed E-state index contributed by atoms with van der Waals surface area (Å²) in [5.74, 6) is -1.86. The predicted octanol–water partition coefficient (Wildman–Crippen LogP) is 3.45. The zero-order valence-electron chi connectivity index (χ0n) is 17.0. The van der Waals surface area contributed by atoms with E-state index in [0.29, 0.717) is 6.42 Å². The fraction of sp³-hybridized carbons (Fsp3) is 0.591. The number of hydrogen-bond donors (Lipinski definition) is 0. The third-order valence-corrected chi connectivity index (χ3v) is 5.25. The SMILES string of the molecule is CC(=O)O[C@H]1/C(=C/c2ccccc2)C[C@H]2OC(C)(C)O[C@H]2[C@@H]2OC(C)(C)O[C@H]21. The Morgan fingerprint density at radius 2 is 1.57 bits per heavy atom. The fourth-order valence-electron chi connectivity index (χ4n) is 4.39. The molecule has 0 unspecified atom stereocenters. The molecule has 0 N–H and O–H groups in total. The lowest BCUT2D eigenvalue weighted by Gasteiger charge is -2.28. The molecule has 2 heterocycles. The smallest absolute Gasteiger partial charge is 0.303 e. The Balaban J connectivity index is 1.78. The van der Waals surface area contributed by atoms with Crippen molar-refractivity contribution in [3.05, 3.63) is 41.5 Å². The zero-order valence-corrected chi connectivity index (χ0v) is 17.0. The third-order valence-electron chi connectivity index (χ3n) is 5.25. The molecule has 4 rings (SSSR count). The number of rotatable bonds is 2. The highest BCUT2D eigenvalue weighted by atomic mass is 16.8. The molecule has 0 bridgehead atoms. The molecular formula is C22H28O6. The number of fused-ring (bicyclic) bond motifs is 3. The maximum atomic E-state index is 11.9. The minimum absolute atomic E-state index is 0.212. The van der Waals surface area contributed by atoms with Crippen LogP contribution in [0.3, 0.4) is 0 Å². The number of ether oxygens (including phenoxy) is 5. The van der Waals surface area contributed by atoms with Crippen molar-refractivity contribution in [2.75, 3.05) is 0 Å². The molecule has 6 nitrogen and oxygen atoms in total. The Hall–Kier alpha value is -1.73. The number of carbonyl (C=O) groups is 1. The molecule has 0 aromatic heterocycles. The Kier molecular flexibility index (Phi) is 4.86. The minimum Gasteiger partial charge on any atom is -0.455 e. The highest BCUT2D eigenvalue weighted by Gasteiger charge is 2.59. The van der Waals surface area contributed by atoms with Crippen LogP contribution in [-0.2, 0) is 28.5 Å². The molecule has 2 aliphatic heterocycles. The van der Waals surface area contributed by atoms with Crippen molar-refractivity contribution in [2.24, 2.45) is 0 Å². The van der Waals surface area contributed by atoms with Crippen molar-refractivity contribution < 1.29 is 28.5 Å². The van der Waals surface area contributed by atoms with Gasteiger partial charge in [-0.1, -0.05) is 36.4 Å². The molecule has 1 aliphatic carbocycles. The van der Waals surface area contributed by atoms with Gasteiger partial charge in [0.1, 0.15) is 18.3 Å². The van der Waals surface area contributed by atoms with Crippen molar-refractivity contribution in [3.63, 3.8) is 0 Å². The lowest BCUT2D eigenvalue weighted by Crippen LogP contribution is -2.44. The van der Waals surface area contributed by atoms with Crippen LogP contribution in [0.5, 0.6) is 0 Å². The van der Waals surface area contributed by atoms with Crippen molar-refractivity contribution in [3.8, 4) is 0 Å². The average molecular weight is 388 g/mol. The normalized spacial score (nSPS) is 37.2. The minimum atomic E-state index is -0.802. The molecule has 6 heteroatoms. The summed E-state index contributed by atoms with van der Waals surface area (Å²) in [6, 6.07) is 9.96. The van der Waals surface area contributed by atoms with Gasteiger partial charge in [0.2, 0.25) is 0 Å². The van der Waals surface area contributed by atoms with E-state index < -0.39 is 29.9 Å². The summed E-state index contributed by atoms with van der Waals surface area (Å²) in [5, 5.41) is 0. The molecule has 3 fully saturated rings. The first-order chi connectivity index (χ1) is 13.1. The van der Waals surface area contributed by atoms with Gasteiger partial charge in [0, 0.05) is 13.3 Å². The Bertz CT molecular complexity index is 768. The van der Waals surface area contributed by atoms with E-state index in [-0.39, 0.29) is 18.2 Å². The topological polar surface area (TPSA) is 63.2 Å². The lowest BCUT2D eigenvalue weighted by molar-refractivity contribution is -0.175. The van der Waals surface area contributed by atoms with Gasteiger partial charge < -0.3 is 23.7 Å². The van der Waals surface area contributed by atoms with E-state index in [0.717, 1.165) is 11.1 Å². The molecule has 1 aromatic rings. The quantitative estimate of drug-likeness (QED) is 0.723. The zero-order chi connectivity index (χ0) is 20.1. The summed E-state index contributed by atoms with van der Waals surface area (Å²) in [6.45, 7) is 8.95. The van der Waals surface area contributed by atoms with Crippen LogP contribution >= 0.6 is 0 Å². The monoisotopic (exact) mass is 388 g/mol. The standard InChI is InChI=1S/C22H28O6/c1-13(23)24-17-15(11-14-9-7-6-8-10-14)12-16-18(26-21(2,3)25-16)20-19(17)27-22(4,5)28-20/h6-11,16-20H,12H2,1-5H3/b15-11+/t16-,17+,18-,19+,20+/m1/s1. The van der Waals surface area contributed by atoms with E-state index >= 15 is 0 Å². The Morgan fingerprint density at radius 3 is 2.25 bits per heavy atom. The second-order valence-corrected chi connectivity index (χ2v) is 8.57. The summed E-state index contributed by atoms with van der Waals surface area (Å²) < 4.78 is 30.6. The first-order valence-corrected chi connectivity index (χ1v) is 9.78. The van der Waals surface area contributed by atoms with Crippen molar-refractivity contribution in [2.45, 2.75) is 83.1 Å². The van der Waals surface area contributed by atoms with Gasteiger partial charge in [-0.3, -0.25) is 4.79 Å². The van der Waals surface area contributed by atoms with E-state index in [1.807, 2.05) is 58.0 Å². The summed E-state index contributed by atoms with van der Waals surface area (Å²) in [4.78, 5) is 11.9. The van der Waals surface area contributed by atoms with E-state index in [4.69, 9.17) is 23.7 Å². The summed E-state index contributed by atoms with van der Waals surface area (Å²) >= 11 is 0. The summed E-state index contributed by atoms with van der Waals surface area (Å²) in [7, 11) is 0. The van der Waals surface area contributed by atoms with Gasteiger partial charge in [0.05, 0.1) is 6.10 Å². The van der Waals surface area contributed by atoms with Gasteiger partial charge in [-0.25, -0.2) is 0 Å². The average Bonchev–Trinajstić information content (AvgIpc) is 3.05. The molecule has 28 heavy (non-hydrogen) atoms. The highest BCUT2D eigenvalue weighted by molar-refractivity contribution is 5.67. The van der Waals surface area contributed by atoms with E-state index in [1.165, 1.54) is 6.92 Å². The van der Waals surface area contributed by atoms with Gasteiger partial charge in [0.25, 0.3) is 0 Å². The molecule has 1 saturated carbocycles. The van der Waals surface area contributed by atoms with Crippen LogP contribution in [0, 0.1) is 0 Å². The molecular weight excluding hydrogens is 360 g/mol.